The minimum absolute atomic E-state index is 0.0821. The van der Waals surface area contributed by atoms with E-state index in [-0.39, 0.29) is 23.1 Å². The SMILES string of the molecule is CCCOC(=O)C1=C(C)NC2=C(C(=O)CC(C)(C)C2)C1c1ccc(C)cc1. The van der Waals surface area contributed by atoms with Crippen LogP contribution in [0, 0.1) is 12.3 Å². The number of dihydropyridines is 1. The van der Waals surface area contributed by atoms with Gasteiger partial charge in [-0.2, -0.15) is 0 Å². The third-order valence-electron chi connectivity index (χ3n) is 5.31. The Kier molecular flexibility index (Phi) is 5.27. The molecule has 0 saturated heterocycles. The van der Waals surface area contributed by atoms with Crippen LogP contribution in [-0.2, 0) is 14.3 Å². The first-order valence-corrected chi connectivity index (χ1v) is 9.71. The second-order valence-electron chi connectivity index (χ2n) is 8.48. The molecule has 0 radical (unpaired) electrons. The summed E-state index contributed by atoms with van der Waals surface area (Å²) in [6.07, 6.45) is 2.05. The minimum Gasteiger partial charge on any atom is -0.462 e. The lowest BCUT2D eigenvalue weighted by Gasteiger charge is -2.39. The van der Waals surface area contributed by atoms with Gasteiger partial charge in [-0.15, -0.1) is 0 Å². The number of hydrogen-bond acceptors (Lipinski definition) is 4. The van der Waals surface area contributed by atoms with Crippen LogP contribution in [0.4, 0.5) is 0 Å². The minimum atomic E-state index is -0.366. The lowest BCUT2D eigenvalue weighted by atomic mass is 9.68. The monoisotopic (exact) mass is 367 g/mol. The highest BCUT2D eigenvalue weighted by molar-refractivity contribution is 6.04. The third kappa shape index (κ3) is 3.85. The van der Waals surface area contributed by atoms with Crippen LogP contribution in [0.5, 0.6) is 0 Å². The summed E-state index contributed by atoms with van der Waals surface area (Å²) in [6.45, 7) is 10.5. The molecule has 2 aliphatic rings. The van der Waals surface area contributed by atoms with Gasteiger partial charge in [-0.05, 0) is 37.7 Å². The van der Waals surface area contributed by atoms with Crippen LogP contribution in [-0.4, -0.2) is 18.4 Å². The number of allylic oxidation sites excluding steroid dienone is 3. The smallest absolute Gasteiger partial charge is 0.336 e. The molecular weight excluding hydrogens is 338 g/mol. The number of Topliss-reactive ketones (excluding diaryl/α,β-unsaturated/α-hetero) is 1. The molecule has 1 atom stereocenters. The Hall–Kier alpha value is -2.36. The van der Waals surface area contributed by atoms with E-state index in [9.17, 15) is 9.59 Å². The van der Waals surface area contributed by atoms with Gasteiger partial charge in [0.15, 0.2) is 5.78 Å². The first-order chi connectivity index (χ1) is 12.7. The Morgan fingerprint density at radius 1 is 1.19 bits per heavy atom. The summed E-state index contributed by atoms with van der Waals surface area (Å²) in [5.74, 6) is -0.584. The van der Waals surface area contributed by atoms with Gasteiger partial charge in [0.1, 0.15) is 0 Å². The summed E-state index contributed by atoms with van der Waals surface area (Å²) in [5, 5.41) is 3.36. The predicted molar refractivity (Wildman–Crippen MR) is 106 cm³/mol. The Morgan fingerprint density at radius 2 is 1.85 bits per heavy atom. The maximum absolute atomic E-state index is 13.1. The van der Waals surface area contributed by atoms with Crippen molar-refractivity contribution in [2.45, 2.75) is 59.8 Å². The van der Waals surface area contributed by atoms with Crippen LogP contribution in [0.3, 0.4) is 0 Å². The molecule has 144 valence electrons. The fraction of sp³-hybridized carbons (Fsp3) is 0.478. The average Bonchev–Trinajstić information content (AvgIpc) is 2.58. The number of nitrogens with one attached hydrogen (secondary N) is 1. The Bertz CT molecular complexity index is 828. The summed E-state index contributed by atoms with van der Waals surface area (Å²) in [4.78, 5) is 26.0. The van der Waals surface area contributed by atoms with Crippen LogP contribution in [0.2, 0.25) is 0 Å². The summed E-state index contributed by atoms with van der Waals surface area (Å²) in [6, 6.07) is 8.09. The Morgan fingerprint density at radius 3 is 2.48 bits per heavy atom. The van der Waals surface area contributed by atoms with Crippen LogP contribution < -0.4 is 5.32 Å². The first-order valence-electron chi connectivity index (χ1n) is 9.71. The largest absolute Gasteiger partial charge is 0.462 e. The van der Waals surface area contributed by atoms with Crippen molar-refractivity contribution in [2.75, 3.05) is 6.61 Å². The van der Waals surface area contributed by atoms with Gasteiger partial charge in [-0.1, -0.05) is 50.6 Å². The maximum Gasteiger partial charge on any atom is 0.336 e. The molecule has 1 heterocycles. The molecule has 1 aliphatic heterocycles. The molecule has 0 saturated carbocycles. The molecule has 3 rings (SSSR count). The number of benzene rings is 1. The molecule has 1 aromatic rings. The quantitative estimate of drug-likeness (QED) is 0.793. The van der Waals surface area contributed by atoms with Gasteiger partial charge in [-0.25, -0.2) is 4.79 Å². The summed E-state index contributed by atoms with van der Waals surface area (Å²) >= 11 is 0. The van der Waals surface area contributed by atoms with Gasteiger partial charge in [-0.3, -0.25) is 4.79 Å². The molecule has 0 aromatic heterocycles. The standard InChI is InChI=1S/C23H29NO3/c1-6-11-27-22(26)19-15(3)24-17-12-23(4,5)13-18(25)21(17)20(19)16-9-7-14(2)8-10-16/h7-10,20,24H,6,11-13H2,1-5H3. The summed E-state index contributed by atoms with van der Waals surface area (Å²) in [7, 11) is 0. The number of aryl methyl sites for hydroxylation is 1. The van der Waals surface area contributed by atoms with E-state index in [0.29, 0.717) is 18.6 Å². The van der Waals surface area contributed by atoms with E-state index < -0.39 is 0 Å². The highest BCUT2D eigenvalue weighted by Gasteiger charge is 2.43. The Labute approximate surface area is 161 Å². The predicted octanol–water partition coefficient (Wildman–Crippen LogP) is 4.55. The zero-order valence-electron chi connectivity index (χ0n) is 16.9. The lowest BCUT2D eigenvalue weighted by molar-refractivity contribution is -0.139. The fourth-order valence-electron chi connectivity index (χ4n) is 4.07. The number of carbonyl (C=O) groups excluding carboxylic acids is 2. The molecular formula is C23H29NO3. The number of ketones is 1. The number of esters is 1. The zero-order valence-corrected chi connectivity index (χ0v) is 16.9. The van der Waals surface area contributed by atoms with Crippen LogP contribution in [0.15, 0.2) is 46.8 Å². The van der Waals surface area contributed by atoms with Crippen LogP contribution in [0.25, 0.3) is 0 Å². The first kappa shape index (κ1) is 19.4. The Balaban J connectivity index is 2.12. The molecule has 4 heteroatoms. The molecule has 1 unspecified atom stereocenters. The van der Waals surface area contributed by atoms with Gasteiger partial charge in [0.25, 0.3) is 0 Å². The fourth-order valence-corrected chi connectivity index (χ4v) is 4.07. The number of hydrogen-bond donors (Lipinski definition) is 1. The van der Waals surface area contributed by atoms with E-state index in [2.05, 4.69) is 19.2 Å². The number of carbonyl (C=O) groups is 2. The second kappa shape index (κ2) is 7.34. The number of ether oxygens (including phenoxy) is 1. The van der Waals surface area contributed by atoms with Crippen molar-refractivity contribution < 1.29 is 14.3 Å². The van der Waals surface area contributed by atoms with Gasteiger partial charge in [0, 0.05) is 29.3 Å². The van der Waals surface area contributed by atoms with Gasteiger partial charge in [0.2, 0.25) is 0 Å². The van der Waals surface area contributed by atoms with Crippen molar-refractivity contribution in [3.05, 3.63) is 57.9 Å². The summed E-state index contributed by atoms with van der Waals surface area (Å²) < 4.78 is 5.46. The normalized spacial score (nSPS) is 21.7. The lowest BCUT2D eigenvalue weighted by Crippen LogP contribution is -2.38. The van der Waals surface area contributed by atoms with Crippen molar-refractivity contribution >= 4 is 11.8 Å². The third-order valence-corrected chi connectivity index (χ3v) is 5.31. The van der Waals surface area contributed by atoms with E-state index in [1.807, 2.05) is 45.0 Å². The van der Waals surface area contributed by atoms with Crippen molar-refractivity contribution in [2.24, 2.45) is 5.41 Å². The molecule has 1 aliphatic carbocycles. The van der Waals surface area contributed by atoms with Gasteiger partial charge in [0.05, 0.1) is 12.2 Å². The highest BCUT2D eigenvalue weighted by Crippen LogP contribution is 2.46. The van der Waals surface area contributed by atoms with Crippen molar-refractivity contribution in [3.8, 4) is 0 Å². The molecule has 27 heavy (non-hydrogen) atoms. The molecule has 1 aromatic carbocycles. The zero-order chi connectivity index (χ0) is 19.8. The summed E-state index contributed by atoms with van der Waals surface area (Å²) in [5.41, 5.74) is 5.05. The van der Waals surface area contributed by atoms with Crippen molar-refractivity contribution in [1.82, 2.24) is 5.32 Å². The molecule has 1 N–H and O–H groups in total. The molecule has 0 fully saturated rings. The van der Waals surface area contributed by atoms with Crippen LogP contribution >= 0.6 is 0 Å². The second-order valence-corrected chi connectivity index (χ2v) is 8.48. The van der Waals surface area contributed by atoms with E-state index in [0.717, 1.165) is 40.9 Å². The molecule has 0 bridgehead atoms. The molecule has 0 amide bonds. The topological polar surface area (TPSA) is 55.4 Å². The maximum atomic E-state index is 13.1. The van der Waals surface area contributed by atoms with E-state index >= 15 is 0 Å². The van der Waals surface area contributed by atoms with Crippen LogP contribution in [0.1, 0.15) is 64.0 Å². The number of rotatable bonds is 4. The van der Waals surface area contributed by atoms with E-state index in [4.69, 9.17) is 4.74 Å². The molecule has 4 nitrogen and oxygen atoms in total. The molecule has 0 spiro atoms. The van der Waals surface area contributed by atoms with Crippen molar-refractivity contribution in [3.63, 3.8) is 0 Å². The van der Waals surface area contributed by atoms with E-state index in [1.54, 1.807) is 0 Å². The van der Waals surface area contributed by atoms with Gasteiger partial charge >= 0.3 is 5.97 Å². The van der Waals surface area contributed by atoms with Crippen molar-refractivity contribution in [1.29, 1.82) is 0 Å². The average molecular weight is 367 g/mol. The highest BCUT2D eigenvalue weighted by atomic mass is 16.5. The van der Waals surface area contributed by atoms with Gasteiger partial charge < -0.3 is 10.1 Å². The van der Waals surface area contributed by atoms with E-state index in [1.165, 1.54) is 0 Å².